The molecule has 0 unspecified atom stereocenters. The van der Waals surface area contributed by atoms with E-state index >= 15 is 0 Å². The van der Waals surface area contributed by atoms with Crippen LogP contribution in [0.3, 0.4) is 0 Å². The van der Waals surface area contributed by atoms with Crippen molar-refractivity contribution in [1.82, 2.24) is 30.3 Å². The van der Waals surface area contributed by atoms with Crippen molar-refractivity contribution in [3.8, 4) is 28.0 Å². The predicted molar refractivity (Wildman–Crippen MR) is 112 cm³/mol. The molecule has 5 rings (SSSR count). The van der Waals surface area contributed by atoms with Gasteiger partial charge in [0, 0.05) is 16.7 Å². The average molecular weight is 446 g/mol. The first kappa shape index (κ1) is 19.9. The molecule has 0 amide bonds. The number of aromatic nitrogens is 6. The third-order valence-electron chi connectivity index (χ3n) is 5.01. The summed E-state index contributed by atoms with van der Waals surface area (Å²) in [6.45, 7) is 0. The Hall–Kier alpha value is -5.00. The highest BCUT2D eigenvalue weighted by Crippen LogP contribution is 2.43. The van der Waals surface area contributed by atoms with Crippen LogP contribution < -0.4 is 4.74 Å². The number of ether oxygens (including phenoxy) is 1. The fourth-order valence-electron chi connectivity index (χ4n) is 3.73. The van der Waals surface area contributed by atoms with Gasteiger partial charge in [-0.15, -0.1) is 10.2 Å². The molecule has 0 fully saturated rings. The van der Waals surface area contributed by atoms with E-state index in [-0.39, 0.29) is 11.3 Å². The van der Waals surface area contributed by atoms with Crippen LogP contribution in [0, 0.1) is 0 Å². The lowest BCUT2D eigenvalue weighted by Gasteiger charge is -2.16. The molecule has 0 aliphatic carbocycles. The van der Waals surface area contributed by atoms with E-state index in [1.807, 2.05) is 0 Å². The van der Waals surface area contributed by atoms with Crippen LogP contribution >= 0.6 is 0 Å². The van der Waals surface area contributed by atoms with Gasteiger partial charge in [0.2, 0.25) is 0 Å². The van der Waals surface area contributed by atoms with E-state index in [0.717, 1.165) is 0 Å². The zero-order valence-corrected chi connectivity index (χ0v) is 16.7. The second-order valence-corrected chi connectivity index (χ2v) is 7.03. The van der Waals surface area contributed by atoms with Gasteiger partial charge in [-0.25, -0.2) is 0 Å². The summed E-state index contributed by atoms with van der Waals surface area (Å²) in [6.07, 6.45) is -0.837. The van der Waals surface area contributed by atoms with Gasteiger partial charge in [0.25, 0.3) is 0 Å². The molecular formula is C21H14N6O6. The Morgan fingerprint density at radius 1 is 0.788 bits per heavy atom. The summed E-state index contributed by atoms with van der Waals surface area (Å²) in [5.74, 6) is -2.27. The summed E-state index contributed by atoms with van der Waals surface area (Å²) in [6, 6.07) is 14.9. The van der Waals surface area contributed by atoms with Crippen LogP contribution in [-0.2, 0) is 9.59 Å². The van der Waals surface area contributed by atoms with Crippen molar-refractivity contribution in [2.45, 2.75) is 6.42 Å². The summed E-state index contributed by atoms with van der Waals surface area (Å²) in [4.78, 5) is 24.4. The van der Waals surface area contributed by atoms with Crippen LogP contribution in [0.25, 0.3) is 44.3 Å². The van der Waals surface area contributed by atoms with E-state index < -0.39 is 18.4 Å². The maximum atomic E-state index is 12.2. The molecule has 0 saturated carbocycles. The molecule has 0 spiro atoms. The van der Waals surface area contributed by atoms with Crippen LogP contribution in [0.1, 0.15) is 6.42 Å². The van der Waals surface area contributed by atoms with Gasteiger partial charge in [-0.05, 0) is 34.2 Å². The highest BCUT2D eigenvalue weighted by molar-refractivity contribution is 6.04. The van der Waals surface area contributed by atoms with Crippen molar-refractivity contribution in [3.05, 3.63) is 54.6 Å². The quantitative estimate of drug-likeness (QED) is 0.158. The number of esters is 1. The van der Waals surface area contributed by atoms with E-state index in [9.17, 15) is 20.0 Å². The van der Waals surface area contributed by atoms with Crippen molar-refractivity contribution in [2.75, 3.05) is 0 Å². The maximum absolute atomic E-state index is 12.2. The lowest BCUT2D eigenvalue weighted by molar-refractivity contribution is -0.145. The average Bonchev–Trinajstić information content (AvgIpc) is 3.36. The minimum atomic E-state index is -1.34. The number of benzene rings is 3. The highest BCUT2D eigenvalue weighted by Gasteiger charge is 2.23. The van der Waals surface area contributed by atoms with Crippen LogP contribution in [0.5, 0.6) is 5.75 Å². The molecule has 12 heteroatoms. The molecule has 2 heterocycles. The topological polar surface area (TPSA) is 165 Å². The lowest BCUT2D eigenvalue weighted by atomic mass is 9.92. The Labute approximate surface area is 183 Å². The van der Waals surface area contributed by atoms with Crippen molar-refractivity contribution in [3.63, 3.8) is 0 Å². The normalized spacial score (nSPS) is 11.2. The molecule has 164 valence electrons. The number of aliphatic carboxylic acids is 1. The molecule has 3 aromatic carbocycles. The van der Waals surface area contributed by atoms with E-state index in [2.05, 4.69) is 20.6 Å². The number of carboxylic acid groups (broad SMARTS) is 1. The Balaban J connectivity index is 1.83. The molecule has 0 aliphatic heterocycles. The molecule has 0 saturated heterocycles. The summed E-state index contributed by atoms with van der Waals surface area (Å²) in [7, 11) is 0. The van der Waals surface area contributed by atoms with Gasteiger partial charge in [-0.3, -0.25) is 9.59 Å². The molecule has 5 aromatic rings. The molecule has 0 radical (unpaired) electrons. The number of carboxylic acids is 1. The Morgan fingerprint density at radius 2 is 1.33 bits per heavy atom. The van der Waals surface area contributed by atoms with Crippen molar-refractivity contribution < 1.29 is 29.8 Å². The predicted octanol–water partition coefficient (Wildman–Crippen LogP) is 2.36. The van der Waals surface area contributed by atoms with E-state index in [1.54, 1.807) is 48.5 Å². The van der Waals surface area contributed by atoms with Gasteiger partial charge in [-0.2, -0.15) is 0 Å². The standard InChI is InChI=1S/C21H14N6O6/c28-17(29)10-18(30)33-16-9-3-4-11(12-5-1-7-14-20(12)26(31)24-22-14)19(16)13-6-2-8-15-21(13)27(32)25-23-15/h1-9,31-32H,10H2,(H,28,29). The summed E-state index contributed by atoms with van der Waals surface area (Å²) >= 11 is 0. The molecule has 0 atom stereocenters. The van der Waals surface area contributed by atoms with E-state index in [1.165, 1.54) is 6.07 Å². The third kappa shape index (κ3) is 3.35. The number of hydrogen-bond donors (Lipinski definition) is 3. The van der Waals surface area contributed by atoms with Gasteiger partial charge >= 0.3 is 11.9 Å². The highest BCUT2D eigenvalue weighted by atomic mass is 16.5. The number of nitrogens with zero attached hydrogens (tertiary/aromatic N) is 6. The molecule has 0 aliphatic rings. The smallest absolute Gasteiger partial charge is 0.322 e. The van der Waals surface area contributed by atoms with Crippen LogP contribution in [0.2, 0.25) is 0 Å². The summed E-state index contributed by atoms with van der Waals surface area (Å²) in [5.41, 5.74) is 3.07. The van der Waals surface area contributed by atoms with Crippen molar-refractivity contribution >= 4 is 34.0 Å². The van der Waals surface area contributed by atoms with Gasteiger partial charge in [0.15, 0.2) is 0 Å². The van der Waals surface area contributed by atoms with Crippen molar-refractivity contribution in [2.24, 2.45) is 0 Å². The second kappa shape index (κ2) is 7.60. The molecule has 3 N–H and O–H groups in total. The number of rotatable bonds is 5. The minimum absolute atomic E-state index is 0.0430. The van der Waals surface area contributed by atoms with Crippen LogP contribution in [0.4, 0.5) is 0 Å². The summed E-state index contributed by atoms with van der Waals surface area (Å²) < 4.78 is 5.41. The van der Waals surface area contributed by atoms with Crippen LogP contribution in [0.15, 0.2) is 54.6 Å². The number of hydrogen-bond acceptors (Lipinski definition) is 9. The number of carbonyl (C=O) groups is 2. The third-order valence-corrected chi connectivity index (χ3v) is 5.01. The first-order valence-corrected chi connectivity index (χ1v) is 9.57. The number of para-hydroxylation sites is 2. The molecule has 33 heavy (non-hydrogen) atoms. The minimum Gasteiger partial charge on any atom is -0.481 e. The van der Waals surface area contributed by atoms with Gasteiger partial charge in [0.1, 0.15) is 34.2 Å². The SMILES string of the molecule is O=C(O)CC(=O)Oc1cccc(-c2cccc3nnn(O)c23)c1-c1cccc2nnn(O)c12. The van der Waals surface area contributed by atoms with Crippen LogP contribution in [-0.4, -0.2) is 57.8 Å². The summed E-state index contributed by atoms with van der Waals surface area (Å²) in [5, 5.41) is 44.6. The van der Waals surface area contributed by atoms with Crippen molar-refractivity contribution in [1.29, 1.82) is 0 Å². The van der Waals surface area contributed by atoms with Gasteiger partial charge in [-0.1, -0.05) is 46.1 Å². The molecule has 0 bridgehead atoms. The van der Waals surface area contributed by atoms with Gasteiger partial charge in [0.05, 0.1) is 0 Å². The zero-order valence-electron chi connectivity index (χ0n) is 16.7. The van der Waals surface area contributed by atoms with E-state index in [4.69, 9.17) is 9.84 Å². The largest absolute Gasteiger partial charge is 0.481 e. The second-order valence-electron chi connectivity index (χ2n) is 7.03. The fourth-order valence-corrected chi connectivity index (χ4v) is 3.73. The molecular weight excluding hydrogens is 432 g/mol. The Bertz CT molecular complexity index is 1560. The molecule has 2 aromatic heterocycles. The monoisotopic (exact) mass is 446 g/mol. The fraction of sp³-hybridized carbons (Fsp3) is 0.0476. The molecule has 12 nitrogen and oxygen atoms in total. The Morgan fingerprint density at radius 3 is 1.97 bits per heavy atom. The van der Waals surface area contributed by atoms with Gasteiger partial charge < -0.3 is 20.3 Å². The Kier molecular flexibility index (Phi) is 4.59. The lowest BCUT2D eigenvalue weighted by Crippen LogP contribution is -2.14. The first-order valence-electron chi connectivity index (χ1n) is 9.57. The van der Waals surface area contributed by atoms with E-state index in [0.29, 0.717) is 48.5 Å². The first-order chi connectivity index (χ1) is 15.9. The number of fused-ring (bicyclic) bond motifs is 2. The number of carbonyl (C=O) groups excluding carboxylic acids is 1. The maximum Gasteiger partial charge on any atom is 0.322 e. The zero-order chi connectivity index (χ0) is 23.1.